The number of nitrogens with one attached hydrogen (secondary N) is 2. The fourth-order valence-corrected chi connectivity index (χ4v) is 5.48. The number of carbonyl (C=O) groups excluding carboxylic acids is 1. The predicted molar refractivity (Wildman–Crippen MR) is 125 cm³/mol. The molecule has 3 aromatic rings. The SMILES string of the molecule is COc1ccc2nc(N3C[C@@H](C)CC3(C)C)c(C(=O)NS(=O)(=O)c3ccc[nH]c3=O)cc2c1. The van der Waals surface area contributed by atoms with E-state index >= 15 is 0 Å². The lowest BCUT2D eigenvalue weighted by molar-refractivity contribution is 0.0981. The number of pyridine rings is 2. The van der Waals surface area contributed by atoms with Crippen LogP contribution in [-0.2, 0) is 10.0 Å². The summed E-state index contributed by atoms with van der Waals surface area (Å²) in [6, 6.07) is 9.44. The largest absolute Gasteiger partial charge is 0.497 e. The average Bonchev–Trinajstić information content (AvgIpc) is 3.03. The van der Waals surface area contributed by atoms with Crippen molar-refractivity contribution in [2.75, 3.05) is 18.6 Å². The molecule has 33 heavy (non-hydrogen) atoms. The summed E-state index contributed by atoms with van der Waals surface area (Å²) in [6.07, 6.45) is 2.21. The highest BCUT2D eigenvalue weighted by Gasteiger charge is 2.39. The first kappa shape index (κ1) is 22.8. The third-order valence-electron chi connectivity index (χ3n) is 5.87. The van der Waals surface area contributed by atoms with Gasteiger partial charge in [0.2, 0.25) is 0 Å². The van der Waals surface area contributed by atoms with Gasteiger partial charge in [-0.05, 0) is 62.6 Å². The van der Waals surface area contributed by atoms with Crippen molar-refractivity contribution < 1.29 is 17.9 Å². The molecule has 174 valence electrons. The first-order valence-corrected chi connectivity index (χ1v) is 12.0. The smallest absolute Gasteiger partial charge is 0.269 e. The molecule has 0 unspecified atom stereocenters. The zero-order valence-electron chi connectivity index (χ0n) is 18.9. The first-order valence-electron chi connectivity index (χ1n) is 10.5. The molecule has 0 spiro atoms. The maximum absolute atomic E-state index is 13.3. The maximum Gasteiger partial charge on any atom is 0.269 e. The zero-order valence-corrected chi connectivity index (χ0v) is 19.7. The van der Waals surface area contributed by atoms with Gasteiger partial charge in [0.25, 0.3) is 21.5 Å². The van der Waals surface area contributed by atoms with Crippen LogP contribution in [0.15, 0.2) is 52.3 Å². The Morgan fingerprint density at radius 1 is 1.27 bits per heavy atom. The summed E-state index contributed by atoms with van der Waals surface area (Å²) >= 11 is 0. The number of aromatic nitrogens is 2. The molecule has 0 aliphatic carbocycles. The van der Waals surface area contributed by atoms with E-state index in [2.05, 4.69) is 25.8 Å². The van der Waals surface area contributed by atoms with Crippen LogP contribution in [0.25, 0.3) is 10.9 Å². The number of hydrogen-bond donors (Lipinski definition) is 2. The minimum atomic E-state index is -4.40. The summed E-state index contributed by atoms with van der Waals surface area (Å²) in [7, 11) is -2.86. The second-order valence-corrected chi connectivity index (χ2v) is 10.6. The van der Waals surface area contributed by atoms with Crippen LogP contribution >= 0.6 is 0 Å². The van der Waals surface area contributed by atoms with Gasteiger partial charge >= 0.3 is 0 Å². The first-order chi connectivity index (χ1) is 15.5. The second kappa shape index (κ2) is 8.18. The lowest BCUT2D eigenvalue weighted by Crippen LogP contribution is -2.41. The zero-order chi connectivity index (χ0) is 24.0. The lowest BCUT2D eigenvalue weighted by atomic mass is 9.97. The molecule has 1 aliphatic heterocycles. The number of carbonyl (C=O) groups is 1. The third-order valence-corrected chi connectivity index (χ3v) is 7.23. The summed E-state index contributed by atoms with van der Waals surface area (Å²) in [5.41, 5.74) is -0.334. The van der Waals surface area contributed by atoms with Crippen LogP contribution in [-0.4, -0.2) is 43.5 Å². The van der Waals surface area contributed by atoms with Gasteiger partial charge in [-0.2, -0.15) is 0 Å². The molecule has 1 amide bonds. The van der Waals surface area contributed by atoms with Gasteiger partial charge in [-0.15, -0.1) is 0 Å². The molecule has 0 saturated carbocycles. The molecular weight excluding hydrogens is 444 g/mol. The number of H-pyrrole nitrogens is 1. The molecule has 1 saturated heterocycles. The number of benzene rings is 1. The number of hydrogen-bond acceptors (Lipinski definition) is 7. The number of amides is 1. The molecule has 1 atom stereocenters. The van der Waals surface area contributed by atoms with E-state index < -0.39 is 26.4 Å². The van der Waals surface area contributed by atoms with Crippen LogP contribution in [0.1, 0.15) is 37.6 Å². The number of sulfonamides is 1. The quantitative estimate of drug-likeness (QED) is 0.588. The van der Waals surface area contributed by atoms with Gasteiger partial charge in [-0.25, -0.2) is 18.1 Å². The van der Waals surface area contributed by atoms with Gasteiger partial charge in [0, 0.05) is 23.7 Å². The van der Waals surface area contributed by atoms with Crippen LogP contribution in [0.5, 0.6) is 5.75 Å². The Kier molecular flexibility index (Phi) is 5.65. The number of anilines is 1. The second-order valence-electron chi connectivity index (χ2n) is 8.95. The van der Waals surface area contributed by atoms with Crippen molar-refractivity contribution in [3.63, 3.8) is 0 Å². The number of rotatable bonds is 5. The van der Waals surface area contributed by atoms with Crippen molar-refractivity contribution in [3.05, 3.63) is 58.5 Å². The minimum Gasteiger partial charge on any atom is -0.497 e. The van der Waals surface area contributed by atoms with Gasteiger partial charge in [-0.1, -0.05) is 6.92 Å². The van der Waals surface area contributed by atoms with Gasteiger partial charge in [0.1, 0.15) is 11.6 Å². The van der Waals surface area contributed by atoms with E-state index in [1.54, 1.807) is 24.3 Å². The van der Waals surface area contributed by atoms with E-state index in [-0.39, 0.29) is 11.1 Å². The van der Waals surface area contributed by atoms with Crippen molar-refractivity contribution in [2.45, 2.75) is 37.6 Å². The summed E-state index contributed by atoms with van der Waals surface area (Å²) in [5.74, 6) is 0.496. The van der Waals surface area contributed by atoms with Crippen LogP contribution in [0.4, 0.5) is 5.82 Å². The van der Waals surface area contributed by atoms with Crippen molar-refractivity contribution in [3.8, 4) is 5.75 Å². The van der Waals surface area contributed by atoms with E-state index in [1.165, 1.54) is 19.4 Å². The van der Waals surface area contributed by atoms with Crippen LogP contribution in [0.2, 0.25) is 0 Å². The molecule has 1 fully saturated rings. The summed E-state index contributed by atoms with van der Waals surface area (Å²) < 4.78 is 32.9. The van der Waals surface area contributed by atoms with Crippen molar-refractivity contribution >= 4 is 32.7 Å². The average molecular weight is 471 g/mol. The van der Waals surface area contributed by atoms with E-state index in [4.69, 9.17) is 9.72 Å². The molecule has 0 bridgehead atoms. The molecular formula is C23H26N4O5S. The van der Waals surface area contributed by atoms with E-state index in [1.807, 2.05) is 9.62 Å². The number of aromatic amines is 1. The standard InChI is InChI=1S/C23H26N4O5S/c1-14-12-23(2,3)27(13-14)20-17(11-15-10-16(32-4)7-8-18(15)25-20)21(28)26-33(30,31)19-6-5-9-24-22(19)29/h5-11,14H,12-13H2,1-4H3,(H,24,29)(H,26,28)/t14-/m0/s1. The highest BCUT2D eigenvalue weighted by molar-refractivity contribution is 7.90. The van der Waals surface area contributed by atoms with Gasteiger partial charge in [-0.3, -0.25) is 9.59 Å². The van der Waals surface area contributed by atoms with Gasteiger partial charge < -0.3 is 14.6 Å². The Bertz CT molecular complexity index is 1400. The molecule has 9 nitrogen and oxygen atoms in total. The molecule has 1 aromatic carbocycles. The van der Waals surface area contributed by atoms with Gasteiger partial charge in [0.15, 0.2) is 4.90 Å². The molecule has 0 radical (unpaired) electrons. The summed E-state index contributed by atoms with van der Waals surface area (Å²) in [6.45, 7) is 6.93. The monoisotopic (exact) mass is 470 g/mol. The Balaban J connectivity index is 1.84. The maximum atomic E-state index is 13.3. The highest BCUT2D eigenvalue weighted by atomic mass is 32.2. The Morgan fingerprint density at radius 3 is 2.67 bits per heavy atom. The Labute approximate surface area is 191 Å². The molecule has 2 N–H and O–H groups in total. The van der Waals surface area contributed by atoms with Crippen LogP contribution in [0.3, 0.4) is 0 Å². The van der Waals surface area contributed by atoms with E-state index in [0.29, 0.717) is 34.9 Å². The van der Waals surface area contributed by atoms with Crippen molar-refractivity contribution in [1.82, 2.24) is 14.7 Å². The van der Waals surface area contributed by atoms with Crippen molar-refractivity contribution in [1.29, 1.82) is 0 Å². The summed E-state index contributed by atoms with van der Waals surface area (Å²) in [4.78, 5) is 33.9. The van der Waals surface area contributed by atoms with Gasteiger partial charge in [0.05, 0.1) is 18.2 Å². The molecule has 2 aromatic heterocycles. The molecule has 1 aliphatic rings. The fourth-order valence-electron chi connectivity index (χ4n) is 4.45. The molecule has 10 heteroatoms. The number of nitrogens with zero attached hydrogens (tertiary/aromatic N) is 2. The van der Waals surface area contributed by atoms with Crippen LogP contribution in [0, 0.1) is 5.92 Å². The number of ether oxygens (including phenoxy) is 1. The van der Waals surface area contributed by atoms with Crippen LogP contribution < -0.4 is 19.9 Å². The Hall–Kier alpha value is -3.40. The number of methoxy groups -OCH3 is 1. The lowest BCUT2D eigenvalue weighted by Gasteiger charge is -2.34. The number of fused-ring (bicyclic) bond motifs is 1. The highest BCUT2D eigenvalue weighted by Crippen LogP contribution is 2.38. The Morgan fingerprint density at radius 2 is 2.03 bits per heavy atom. The normalized spacial score (nSPS) is 17.8. The predicted octanol–water partition coefficient (Wildman–Crippen LogP) is 2.68. The van der Waals surface area contributed by atoms with E-state index in [9.17, 15) is 18.0 Å². The van der Waals surface area contributed by atoms with E-state index in [0.717, 1.165) is 12.5 Å². The molecule has 4 rings (SSSR count). The summed E-state index contributed by atoms with van der Waals surface area (Å²) in [5, 5.41) is 0.628. The van der Waals surface area contributed by atoms with Crippen molar-refractivity contribution in [2.24, 2.45) is 5.92 Å². The third kappa shape index (κ3) is 4.30. The minimum absolute atomic E-state index is 0.105. The topological polar surface area (TPSA) is 121 Å². The fraction of sp³-hybridized carbons (Fsp3) is 0.348. The molecule has 3 heterocycles.